The van der Waals surface area contributed by atoms with Crippen molar-refractivity contribution >= 4 is 27.5 Å². The summed E-state index contributed by atoms with van der Waals surface area (Å²) in [5.41, 5.74) is 0.728. The van der Waals surface area contributed by atoms with E-state index in [1.165, 1.54) is 30.8 Å². The van der Waals surface area contributed by atoms with Gasteiger partial charge in [-0.25, -0.2) is 14.8 Å². The maximum absolute atomic E-state index is 13.2. The van der Waals surface area contributed by atoms with E-state index in [1.54, 1.807) is 24.3 Å². The van der Waals surface area contributed by atoms with Crippen LogP contribution in [0.25, 0.3) is 27.0 Å². The number of nitrogens with zero attached hydrogens (tertiary/aromatic N) is 3. The van der Waals surface area contributed by atoms with Crippen LogP contribution in [-0.4, -0.2) is 33.1 Å². The van der Waals surface area contributed by atoms with Crippen molar-refractivity contribution in [2.75, 3.05) is 13.7 Å². The monoisotopic (exact) mass is 520 g/mol. The van der Waals surface area contributed by atoms with E-state index < -0.39 is 29.0 Å². The Hall–Kier alpha value is -3.97. The summed E-state index contributed by atoms with van der Waals surface area (Å²) < 4.78 is 51.4. The van der Waals surface area contributed by atoms with E-state index in [1.807, 2.05) is 6.92 Å². The molecule has 0 aliphatic heterocycles. The number of alkyl halides is 3. The van der Waals surface area contributed by atoms with Crippen LogP contribution in [0.5, 0.6) is 5.75 Å². The van der Waals surface area contributed by atoms with Crippen LogP contribution in [0.3, 0.4) is 0 Å². The topological polar surface area (TPSA) is 104 Å². The summed E-state index contributed by atoms with van der Waals surface area (Å²) in [6.45, 7) is 1.57. The lowest BCUT2D eigenvalue weighted by Crippen LogP contribution is -2.40. The van der Waals surface area contributed by atoms with Gasteiger partial charge in [0.1, 0.15) is 11.4 Å². The fourth-order valence-electron chi connectivity index (χ4n) is 3.63. The number of hydrogen-bond acceptors (Lipinski definition) is 7. The van der Waals surface area contributed by atoms with Crippen LogP contribution in [0, 0.1) is 6.92 Å². The molecule has 4 rings (SSSR count). The molecule has 0 saturated carbocycles. The molecule has 36 heavy (non-hydrogen) atoms. The van der Waals surface area contributed by atoms with Crippen LogP contribution in [0.15, 0.2) is 52.1 Å². The van der Waals surface area contributed by atoms with Gasteiger partial charge in [-0.1, -0.05) is 6.07 Å². The lowest BCUT2D eigenvalue weighted by Gasteiger charge is -2.14. The maximum Gasteiger partial charge on any atom is 0.431 e. The van der Waals surface area contributed by atoms with E-state index in [9.17, 15) is 27.6 Å². The number of carbonyl (C=O) groups excluding carboxylic acids is 1. The van der Waals surface area contributed by atoms with Gasteiger partial charge in [0.25, 0.3) is 11.5 Å². The number of carbonyl (C=O) groups is 1. The van der Waals surface area contributed by atoms with Crippen molar-refractivity contribution in [3.63, 3.8) is 0 Å². The van der Waals surface area contributed by atoms with Crippen molar-refractivity contribution in [2.24, 2.45) is 7.05 Å². The van der Waals surface area contributed by atoms with Crippen LogP contribution in [0.4, 0.5) is 13.2 Å². The molecule has 0 fully saturated rings. The minimum atomic E-state index is -4.85. The molecule has 0 aliphatic rings. The second-order valence-electron chi connectivity index (χ2n) is 7.75. The van der Waals surface area contributed by atoms with E-state index in [0.717, 1.165) is 17.3 Å². The van der Waals surface area contributed by atoms with Gasteiger partial charge in [0.15, 0.2) is 6.61 Å². The summed E-state index contributed by atoms with van der Waals surface area (Å²) in [6, 6.07) is 10.2. The molecule has 0 atom stereocenters. The predicted molar refractivity (Wildman–Crippen MR) is 126 cm³/mol. The number of aromatic nitrogens is 3. The number of rotatable bonds is 6. The highest BCUT2D eigenvalue weighted by Crippen LogP contribution is 2.35. The van der Waals surface area contributed by atoms with E-state index in [2.05, 4.69) is 14.7 Å². The summed E-state index contributed by atoms with van der Waals surface area (Å²) in [5.74, 6) is -0.0843. The minimum absolute atomic E-state index is 0.101. The zero-order valence-corrected chi connectivity index (χ0v) is 20.0. The largest absolute Gasteiger partial charge is 0.484 e. The van der Waals surface area contributed by atoms with Gasteiger partial charge in [0, 0.05) is 24.1 Å². The third kappa shape index (κ3) is 4.75. The van der Waals surface area contributed by atoms with Crippen LogP contribution >= 0.6 is 11.5 Å². The highest BCUT2D eigenvalue weighted by Gasteiger charge is 2.35. The van der Waals surface area contributed by atoms with Crippen molar-refractivity contribution < 1.29 is 27.5 Å². The summed E-state index contributed by atoms with van der Waals surface area (Å²) in [6.07, 6.45) is -4.85. The Morgan fingerprint density at radius 3 is 2.58 bits per heavy atom. The Bertz CT molecular complexity index is 1590. The molecule has 0 spiro atoms. The van der Waals surface area contributed by atoms with Crippen LogP contribution in [0.1, 0.15) is 11.3 Å². The van der Waals surface area contributed by atoms with Gasteiger partial charge in [-0.3, -0.25) is 19.0 Å². The number of amides is 1. The number of aryl methyl sites for hydroxylation is 1. The highest BCUT2D eigenvalue weighted by atomic mass is 32.1. The summed E-state index contributed by atoms with van der Waals surface area (Å²) in [5, 5.41) is 0.587. The van der Waals surface area contributed by atoms with Crippen LogP contribution in [0.2, 0.25) is 0 Å². The SMILES string of the molecule is CONC(=O)COc1ccc(C)c(-c2nsc3ccc(-n4c(=O)cc(C(F)(F)F)n(C)c4=O)cc23)c1. The number of fused-ring (bicyclic) bond motifs is 1. The van der Waals surface area contributed by atoms with Crippen molar-refractivity contribution in [3.05, 3.63) is 74.6 Å². The average molecular weight is 520 g/mol. The molecule has 1 amide bonds. The summed E-state index contributed by atoms with van der Waals surface area (Å²) in [4.78, 5) is 41.4. The number of nitrogens with one attached hydrogen (secondary N) is 1. The number of hydrogen-bond donors (Lipinski definition) is 1. The summed E-state index contributed by atoms with van der Waals surface area (Å²) in [7, 11) is 2.26. The second-order valence-corrected chi connectivity index (χ2v) is 8.55. The minimum Gasteiger partial charge on any atom is -0.484 e. The van der Waals surface area contributed by atoms with Gasteiger partial charge >= 0.3 is 11.9 Å². The molecule has 1 N–H and O–H groups in total. The van der Waals surface area contributed by atoms with Crippen LogP contribution in [-0.2, 0) is 22.9 Å². The molecule has 4 aromatic rings. The first-order valence-electron chi connectivity index (χ1n) is 10.4. The van der Waals surface area contributed by atoms with E-state index in [4.69, 9.17) is 4.74 Å². The first-order chi connectivity index (χ1) is 17.0. The van der Waals surface area contributed by atoms with Crippen molar-refractivity contribution in [3.8, 4) is 22.7 Å². The molecule has 0 bridgehead atoms. The van der Waals surface area contributed by atoms with E-state index in [-0.39, 0.29) is 12.3 Å². The number of ether oxygens (including phenoxy) is 1. The fraction of sp³-hybridized carbons (Fsp3) is 0.217. The van der Waals surface area contributed by atoms with E-state index in [0.29, 0.717) is 37.6 Å². The van der Waals surface area contributed by atoms with Crippen LogP contribution < -0.4 is 21.5 Å². The van der Waals surface area contributed by atoms with Gasteiger partial charge in [-0.05, 0) is 54.4 Å². The maximum atomic E-state index is 13.2. The smallest absolute Gasteiger partial charge is 0.431 e. The third-order valence-electron chi connectivity index (χ3n) is 5.37. The van der Waals surface area contributed by atoms with Crippen molar-refractivity contribution in [2.45, 2.75) is 13.1 Å². The molecular formula is C23H19F3N4O5S. The fourth-order valence-corrected chi connectivity index (χ4v) is 4.40. The Balaban J connectivity index is 1.80. The molecule has 0 unspecified atom stereocenters. The number of hydroxylamine groups is 1. The van der Waals surface area contributed by atoms with Gasteiger partial charge in [-0.2, -0.15) is 17.5 Å². The third-order valence-corrected chi connectivity index (χ3v) is 6.20. The van der Waals surface area contributed by atoms with Gasteiger partial charge < -0.3 is 4.74 Å². The quantitative estimate of drug-likeness (QED) is 0.392. The number of benzene rings is 2. The Kier molecular flexibility index (Phi) is 6.69. The van der Waals surface area contributed by atoms with E-state index >= 15 is 0 Å². The van der Waals surface area contributed by atoms with Gasteiger partial charge in [0.05, 0.1) is 23.2 Å². The first-order valence-corrected chi connectivity index (χ1v) is 11.1. The summed E-state index contributed by atoms with van der Waals surface area (Å²) >= 11 is 1.18. The molecule has 9 nitrogen and oxygen atoms in total. The zero-order valence-electron chi connectivity index (χ0n) is 19.2. The molecule has 2 aromatic heterocycles. The number of halogens is 3. The predicted octanol–water partition coefficient (Wildman–Crippen LogP) is 3.20. The standard InChI is InChI=1S/C23H19F3N4O5S/c1-12-4-6-14(35-11-19(31)27-34-3)9-15(12)21-16-8-13(5-7-17(16)36-28-21)30-20(32)10-18(23(24,25)26)29(2)22(30)33/h4-10H,11H2,1-3H3,(H,27,31). The molecule has 0 radical (unpaired) electrons. The first kappa shape index (κ1) is 25.1. The highest BCUT2D eigenvalue weighted by molar-refractivity contribution is 7.13. The molecule has 2 heterocycles. The Labute approximate surface area is 205 Å². The molecule has 0 aliphatic carbocycles. The molecule has 13 heteroatoms. The lowest BCUT2D eigenvalue weighted by atomic mass is 10.0. The van der Waals surface area contributed by atoms with Gasteiger partial charge in [0.2, 0.25) is 0 Å². The normalized spacial score (nSPS) is 11.6. The Morgan fingerprint density at radius 1 is 1.14 bits per heavy atom. The van der Waals surface area contributed by atoms with Gasteiger partial charge in [-0.15, -0.1) is 0 Å². The van der Waals surface area contributed by atoms with Crippen molar-refractivity contribution in [1.82, 2.24) is 19.0 Å². The second kappa shape index (κ2) is 9.59. The Morgan fingerprint density at radius 2 is 1.89 bits per heavy atom. The zero-order chi connectivity index (χ0) is 26.2. The molecule has 188 valence electrons. The average Bonchev–Trinajstić information content (AvgIpc) is 3.23. The lowest BCUT2D eigenvalue weighted by molar-refractivity contribution is -0.144. The molecular weight excluding hydrogens is 501 g/mol. The molecule has 0 saturated heterocycles. The van der Waals surface area contributed by atoms with Crippen molar-refractivity contribution in [1.29, 1.82) is 0 Å². The molecule has 2 aromatic carbocycles.